The smallest absolute Gasteiger partial charge is 0.159 e. The van der Waals surface area contributed by atoms with E-state index in [2.05, 4.69) is 411 Å². The Morgan fingerprint density at radius 2 is 0.392 bits per heavy atom. The third-order valence-electron chi connectivity index (χ3n) is 21.8. The van der Waals surface area contributed by atoms with Crippen molar-refractivity contribution in [1.29, 1.82) is 0 Å². The predicted octanol–water partition coefficient (Wildman–Crippen LogP) is 32.6. The summed E-state index contributed by atoms with van der Waals surface area (Å²) in [6.45, 7) is 0. The molecule has 19 aromatic rings. The molecule has 19 rings (SSSR count). The van der Waals surface area contributed by atoms with Crippen LogP contribution >= 0.6 is 95.6 Å². The summed E-state index contributed by atoms with van der Waals surface area (Å²) in [6.07, 6.45) is 9.81. The minimum Gasteiger partial charge on any atom is -0.256 e. The molecule has 6 nitrogen and oxygen atoms in total. The van der Waals surface area contributed by atoms with E-state index in [9.17, 15) is 0 Å². The molecule has 14 aromatic carbocycles. The van der Waals surface area contributed by atoms with Gasteiger partial charge < -0.3 is 0 Å². The van der Waals surface area contributed by atoms with Gasteiger partial charge in [0, 0.05) is 113 Å². The standard InChI is InChI=1S/C108H66Br6N6/c109-83-21-13-17-67(57-83)103-45-39-73(63-116-103)87-25-1-5-29-91(87)77-51-78(92-30-6-2-26-88(92)74-40-46-104(117-64-74)68-18-14-22-84(110)58-68)54-81(53-77)95-33-9-11-35-97(95)99-43-37-71(61-101(99)113)107-49-50-115-108(120-107)72-38-44-100(102(114)62-72)98-36-12-10-34-96(98)82-55-79(93-31-7-3-27-89(93)75-41-47-105(118-65-75)69-19-15-23-85(111)59-69)52-80(56-82)94-32-8-4-28-90(94)76-42-48-106(119-66-76)70-20-16-24-86(112)60-70/h1-66H. The zero-order valence-corrected chi connectivity index (χ0v) is 73.6. The fourth-order valence-corrected chi connectivity index (χ4v) is 18.8. The summed E-state index contributed by atoms with van der Waals surface area (Å²) < 4.78 is 5.86. The third-order valence-corrected chi connectivity index (χ3v) is 25.1. The molecule has 0 saturated carbocycles. The van der Waals surface area contributed by atoms with E-state index in [0.717, 1.165) is 222 Å². The van der Waals surface area contributed by atoms with Crippen LogP contribution in [0.2, 0.25) is 0 Å². The highest BCUT2D eigenvalue weighted by Gasteiger charge is 2.23. The highest BCUT2D eigenvalue weighted by Crippen LogP contribution is 2.48. The highest BCUT2D eigenvalue weighted by molar-refractivity contribution is 9.11. The Morgan fingerprint density at radius 1 is 0.150 bits per heavy atom. The van der Waals surface area contributed by atoms with Gasteiger partial charge in [0.25, 0.3) is 0 Å². The van der Waals surface area contributed by atoms with Gasteiger partial charge in [-0.15, -0.1) is 0 Å². The average Bonchev–Trinajstić information content (AvgIpc) is 0.767. The Kier molecular flexibility index (Phi) is 22.3. The van der Waals surface area contributed by atoms with Gasteiger partial charge in [0.15, 0.2) is 5.82 Å². The van der Waals surface area contributed by atoms with Crippen LogP contribution in [0.1, 0.15) is 0 Å². The van der Waals surface area contributed by atoms with E-state index in [1.165, 1.54) is 0 Å². The predicted molar refractivity (Wildman–Crippen MR) is 517 cm³/mol. The van der Waals surface area contributed by atoms with Gasteiger partial charge in [0.1, 0.15) is 0 Å². The van der Waals surface area contributed by atoms with E-state index < -0.39 is 0 Å². The molecular weight excluding hydrogens is 1860 g/mol. The van der Waals surface area contributed by atoms with Gasteiger partial charge in [-0.3, -0.25) is 19.9 Å². The topological polar surface area (TPSA) is 77.3 Å². The Morgan fingerprint density at radius 3 is 0.658 bits per heavy atom. The number of hydrogen-bond donors (Lipinski definition) is 0. The van der Waals surface area contributed by atoms with Crippen molar-refractivity contribution in [1.82, 2.24) is 29.9 Å². The van der Waals surface area contributed by atoms with Crippen LogP contribution in [0.15, 0.2) is 428 Å². The monoisotopic (exact) mass is 1920 g/mol. The van der Waals surface area contributed by atoms with Crippen molar-refractivity contribution in [2.24, 2.45) is 0 Å². The summed E-state index contributed by atoms with van der Waals surface area (Å²) in [7, 11) is 0. The normalized spacial score (nSPS) is 11.2. The number of halogens is 6. The summed E-state index contributed by atoms with van der Waals surface area (Å²) in [6, 6.07) is 131. The second-order valence-corrected chi connectivity index (χ2v) is 34.7. The van der Waals surface area contributed by atoms with Gasteiger partial charge in [-0.25, -0.2) is 9.97 Å². The molecule has 0 aliphatic heterocycles. The molecule has 5 heterocycles. The molecular formula is C108H66Br6N6. The van der Waals surface area contributed by atoms with Crippen molar-refractivity contribution in [2.75, 3.05) is 0 Å². The SMILES string of the molecule is Brc1cccc(-c2ccc(-c3ccccc3-c3cc(-c4ccccc4-c4ccc(-c5cccc(Br)c5)nc4)cc(-c4ccccc4-c4ccc(-c5ccnc(-c6ccc(-c7ccccc7-c7cc(-c8ccccc8-c8ccc(-c9cccc(Br)c9)nc8)cc(-c8ccccc8-c8ccc(-c9cccc(Br)c9)nc8)c7)c(Br)c6)n5)cc4Br)c3)cn2)c1. The lowest BCUT2D eigenvalue weighted by molar-refractivity contribution is 1.18. The van der Waals surface area contributed by atoms with Crippen LogP contribution in [0.4, 0.5) is 0 Å². The largest absolute Gasteiger partial charge is 0.256 e. The van der Waals surface area contributed by atoms with E-state index in [0.29, 0.717) is 5.82 Å². The molecule has 0 aliphatic rings. The lowest BCUT2D eigenvalue weighted by atomic mass is 9.86. The van der Waals surface area contributed by atoms with Crippen LogP contribution < -0.4 is 0 Å². The zero-order chi connectivity index (χ0) is 81.2. The number of aromatic nitrogens is 6. The fraction of sp³-hybridized carbons (Fsp3) is 0. The Balaban J connectivity index is 0.656. The van der Waals surface area contributed by atoms with Crippen molar-refractivity contribution < 1.29 is 0 Å². The summed E-state index contributed by atoms with van der Waals surface area (Å²) in [4.78, 5) is 30.4. The summed E-state index contributed by atoms with van der Waals surface area (Å²) in [5.41, 5.74) is 35.8. The van der Waals surface area contributed by atoms with Gasteiger partial charge in [0.2, 0.25) is 0 Å². The minimum absolute atomic E-state index is 0.603. The number of pyridine rings is 4. The van der Waals surface area contributed by atoms with E-state index in [-0.39, 0.29) is 0 Å². The molecule has 0 saturated heterocycles. The van der Waals surface area contributed by atoms with Crippen molar-refractivity contribution >= 4 is 95.6 Å². The van der Waals surface area contributed by atoms with E-state index >= 15 is 0 Å². The highest BCUT2D eigenvalue weighted by atomic mass is 79.9. The molecule has 0 N–H and O–H groups in total. The van der Waals surface area contributed by atoms with E-state index in [4.69, 9.17) is 29.9 Å². The van der Waals surface area contributed by atoms with Gasteiger partial charge in [-0.05, 0) is 239 Å². The maximum atomic E-state index is 5.31. The van der Waals surface area contributed by atoms with Crippen molar-refractivity contribution in [3.63, 3.8) is 0 Å². The maximum Gasteiger partial charge on any atom is 0.159 e. The first kappa shape index (κ1) is 77.5. The van der Waals surface area contributed by atoms with Gasteiger partial charge >= 0.3 is 0 Å². The number of benzene rings is 14. The van der Waals surface area contributed by atoms with Gasteiger partial charge in [-0.2, -0.15) is 0 Å². The Labute approximate surface area is 747 Å². The van der Waals surface area contributed by atoms with Crippen LogP contribution in [-0.2, 0) is 0 Å². The van der Waals surface area contributed by atoms with E-state index in [1.54, 1.807) is 0 Å². The Bertz CT molecular complexity index is 6390. The first-order valence-corrected chi connectivity index (χ1v) is 43.9. The second-order valence-electron chi connectivity index (χ2n) is 29.3. The molecule has 0 fully saturated rings. The molecule has 0 aliphatic carbocycles. The molecule has 0 atom stereocenters. The Hall–Kier alpha value is -12.4. The first-order chi connectivity index (χ1) is 58.9. The van der Waals surface area contributed by atoms with Gasteiger partial charge in [-0.1, -0.05) is 338 Å². The maximum absolute atomic E-state index is 5.31. The first-order valence-electron chi connectivity index (χ1n) is 39.1. The van der Waals surface area contributed by atoms with Crippen molar-refractivity contribution in [3.05, 3.63) is 428 Å². The molecule has 0 spiro atoms. The molecule has 0 radical (unpaired) electrons. The lowest BCUT2D eigenvalue weighted by Gasteiger charge is -2.18. The molecule has 0 amide bonds. The quantitative estimate of drug-likeness (QED) is 0.0852. The summed E-state index contributed by atoms with van der Waals surface area (Å²) in [5, 5.41) is 0. The van der Waals surface area contributed by atoms with Crippen LogP contribution in [0.3, 0.4) is 0 Å². The molecule has 120 heavy (non-hydrogen) atoms. The molecule has 0 bridgehead atoms. The van der Waals surface area contributed by atoms with Crippen LogP contribution in [0, 0.1) is 0 Å². The molecule has 0 unspecified atom stereocenters. The fourth-order valence-electron chi connectivity index (χ4n) is 16.0. The summed E-state index contributed by atoms with van der Waals surface area (Å²) >= 11 is 22.9. The van der Waals surface area contributed by atoms with Gasteiger partial charge in [0.05, 0.1) is 28.5 Å². The number of rotatable bonds is 18. The van der Waals surface area contributed by atoms with E-state index in [1.807, 2.05) is 85.6 Å². The second kappa shape index (κ2) is 34.5. The third kappa shape index (κ3) is 16.4. The molecule has 5 aromatic heterocycles. The van der Waals surface area contributed by atoms with Crippen LogP contribution in [0.5, 0.6) is 0 Å². The number of nitrogens with zero attached hydrogens (tertiary/aromatic N) is 6. The zero-order valence-electron chi connectivity index (χ0n) is 64.1. The summed E-state index contributed by atoms with van der Waals surface area (Å²) in [5.74, 6) is 0.603. The minimum atomic E-state index is 0.603. The van der Waals surface area contributed by atoms with Crippen molar-refractivity contribution in [3.8, 4) is 201 Å². The molecule has 570 valence electrons. The molecule has 12 heteroatoms. The van der Waals surface area contributed by atoms with Crippen LogP contribution in [0.25, 0.3) is 201 Å². The average molecular weight is 1930 g/mol. The lowest BCUT2D eigenvalue weighted by Crippen LogP contribution is -1.94. The number of hydrogen-bond acceptors (Lipinski definition) is 6. The van der Waals surface area contributed by atoms with Crippen LogP contribution in [-0.4, -0.2) is 29.9 Å². The van der Waals surface area contributed by atoms with Crippen molar-refractivity contribution in [2.45, 2.75) is 0 Å².